The van der Waals surface area contributed by atoms with Gasteiger partial charge in [0, 0.05) is 30.0 Å². The van der Waals surface area contributed by atoms with Crippen molar-refractivity contribution < 1.29 is 9.53 Å². The maximum Gasteiger partial charge on any atom is 0.323 e. The van der Waals surface area contributed by atoms with Crippen molar-refractivity contribution in [3.63, 3.8) is 0 Å². The SMILES string of the molecule is COC(=O)C1CCCCN1Cc1ccnc2c(Nc3cccc(-c4ccccc4)c3C)nccc12. The first-order chi connectivity index (χ1) is 17.2. The summed E-state index contributed by atoms with van der Waals surface area (Å²) in [5, 5.41) is 4.57. The molecule has 1 fully saturated rings. The summed E-state index contributed by atoms with van der Waals surface area (Å²) >= 11 is 0. The van der Waals surface area contributed by atoms with Crippen molar-refractivity contribution in [2.75, 3.05) is 19.0 Å². The molecule has 1 aliphatic heterocycles. The van der Waals surface area contributed by atoms with Gasteiger partial charge in [0.05, 0.1) is 7.11 Å². The molecule has 2 aromatic heterocycles. The Kier molecular flexibility index (Phi) is 6.73. The summed E-state index contributed by atoms with van der Waals surface area (Å²) in [5.74, 6) is 0.571. The molecule has 6 nitrogen and oxygen atoms in total. The van der Waals surface area contributed by atoms with E-state index >= 15 is 0 Å². The third-order valence-corrected chi connectivity index (χ3v) is 6.88. The van der Waals surface area contributed by atoms with Gasteiger partial charge in [0.25, 0.3) is 0 Å². The topological polar surface area (TPSA) is 67.3 Å². The summed E-state index contributed by atoms with van der Waals surface area (Å²) in [6, 6.07) is 20.5. The fourth-order valence-electron chi connectivity index (χ4n) is 5.00. The second-order valence-electron chi connectivity index (χ2n) is 9.00. The Bertz CT molecular complexity index is 1340. The zero-order valence-corrected chi connectivity index (χ0v) is 20.2. The van der Waals surface area contributed by atoms with E-state index in [9.17, 15) is 4.79 Å². The molecule has 0 spiro atoms. The number of hydrogen-bond acceptors (Lipinski definition) is 6. The van der Waals surface area contributed by atoms with E-state index in [2.05, 4.69) is 69.6 Å². The average molecular weight is 467 g/mol. The zero-order valence-electron chi connectivity index (χ0n) is 20.2. The standard InChI is InChI=1S/C29H30N4O2/c1-20-23(21-9-4-3-5-10-21)11-8-12-25(20)32-28-27-24(15-17-31-28)22(14-16-30-27)19-33-18-7-6-13-26(33)29(34)35-2/h3-5,8-12,14-17,26H,6-7,13,18-19H2,1-2H3,(H,31,32). The van der Waals surface area contributed by atoms with Gasteiger partial charge in [0.15, 0.2) is 5.82 Å². The number of hydrogen-bond donors (Lipinski definition) is 1. The number of methoxy groups -OCH3 is 1. The molecular formula is C29H30N4O2. The van der Waals surface area contributed by atoms with Crippen molar-refractivity contribution >= 4 is 28.4 Å². The molecule has 1 atom stereocenters. The first-order valence-electron chi connectivity index (χ1n) is 12.1. The lowest BCUT2D eigenvalue weighted by atomic mass is 9.99. The third kappa shape index (κ3) is 4.75. The molecule has 178 valence electrons. The van der Waals surface area contributed by atoms with E-state index in [0.717, 1.165) is 59.3 Å². The van der Waals surface area contributed by atoms with Gasteiger partial charge in [-0.05, 0) is 66.8 Å². The van der Waals surface area contributed by atoms with E-state index in [0.29, 0.717) is 6.54 Å². The summed E-state index contributed by atoms with van der Waals surface area (Å²) in [6.07, 6.45) is 6.62. The number of ether oxygens (including phenoxy) is 1. The van der Waals surface area contributed by atoms with Gasteiger partial charge in [-0.1, -0.05) is 48.9 Å². The average Bonchev–Trinajstić information content (AvgIpc) is 2.91. The van der Waals surface area contributed by atoms with E-state index in [-0.39, 0.29) is 12.0 Å². The molecule has 1 unspecified atom stereocenters. The van der Waals surface area contributed by atoms with Crippen LogP contribution in [0.25, 0.3) is 22.0 Å². The first-order valence-corrected chi connectivity index (χ1v) is 12.1. The van der Waals surface area contributed by atoms with E-state index < -0.39 is 0 Å². The van der Waals surface area contributed by atoms with Crippen molar-refractivity contribution in [3.8, 4) is 11.1 Å². The number of pyridine rings is 2. The van der Waals surface area contributed by atoms with Gasteiger partial charge in [-0.15, -0.1) is 0 Å². The normalized spacial score (nSPS) is 16.2. The molecule has 1 saturated heterocycles. The van der Waals surface area contributed by atoms with Crippen LogP contribution in [0.15, 0.2) is 73.1 Å². The molecule has 1 aliphatic rings. The number of nitrogens with one attached hydrogen (secondary N) is 1. The smallest absolute Gasteiger partial charge is 0.323 e. The van der Waals surface area contributed by atoms with Crippen molar-refractivity contribution in [2.24, 2.45) is 0 Å². The van der Waals surface area contributed by atoms with Crippen LogP contribution in [0.5, 0.6) is 0 Å². The van der Waals surface area contributed by atoms with Crippen molar-refractivity contribution in [2.45, 2.75) is 38.8 Å². The Morgan fingerprint density at radius 1 is 1.03 bits per heavy atom. The molecule has 0 aliphatic carbocycles. The number of carbonyl (C=O) groups is 1. The molecule has 1 N–H and O–H groups in total. The monoisotopic (exact) mass is 466 g/mol. The summed E-state index contributed by atoms with van der Waals surface area (Å²) in [6.45, 7) is 3.67. The Morgan fingerprint density at radius 3 is 2.69 bits per heavy atom. The van der Waals surface area contributed by atoms with Gasteiger partial charge >= 0.3 is 5.97 Å². The molecule has 0 saturated carbocycles. The Hall–Kier alpha value is -3.77. The van der Waals surface area contributed by atoms with Crippen LogP contribution in [0.2, 0.25) is 0 Å². The number of piperidine rings is 1. The lowest BCUT2D eigenvalue weighted by Crippen LogP contribution is -2.44. The Balaban J connectivity index is 1.47. The lowest BCUT2D eigenvalue weighted by molar-refractivity contribution is -0.148. The van der Waals surface area contributed by atoms with Gasteiger partial charge in [-0.2, -0.15) is 0 Å². The minimum absolute atomic E-state index is 0.152. The van der Waals surface area contributed by atoms with Gasteiger partial charge in [0.1, 0.15) is 11.6 Å². The minimum atomic E-state index is -0.195. The van der Waals surface area contributed by atoms with Crippen molar-refractivity contribution in [1.29, 1.82) is 0 Å². The maximum absolute atomic E-state index is 12.4. The predicted octanol–water partition coefficient (Wildman–Crippen LogP) is 5.88. The highest BCUT2D eigenvalue weighted by molar-refractivity contribution is 5.92. The number of anilines is 2. The van der Waals surface area contributed by atoms with Crippen LogP contribution in [0, 0.1) is 6.92 Å². The molecule has 5 rings (SSSR count). The van der Waals surface area contributed by atoms with E-state index in [4.69, 9.17) is 4.74 Å². The summed E-state index contributed by atoms with van der Waals surface area (Å²) in [7, 11) is 1.47. The molecule has 0 amide bonds. The number of rotatable bonds is 6. The van der Waals surface area contributed by atoms with Gasteiger partial charge in [-0.3, -0.25) is 14.7 Å². The highest BCUT2D eigenvalue weighted by atomic mass is 16.5. The Morgan fingerprint density at radius 2 is 1.86 bits per heavy atom. The van der Waals surface area contributed by atoms with E-state index in [1.54, 1.807) is 0 Å². The number of carbonyl (C=O) groups excluding carboxylic acids is 1. The molecule has 0 radical (unpaired) electrons. The molecule has 6 heteroatoms. The maximum atomic E-state index is 12.4. The van der Waals surface area contributed by atoms with Gasteiger partial charge in [0.2, 0.25) is 0 Å². The molecule has 2 aromatic carbocycles. The molecule has 0 bridgehead atoms. The van der Waals surface area contributed by atoms with E-state index in [1.807, 2.05) is 30.6 Å². The van der Waals surface area contributed by atoms with Crippen LogP contribution >= 0.6 is 0 Å². The largest absolute Gasteiger partial charge is 0.468 e. The van der Waals surface area contributed by atoms with E-state index in [1.165, 1.54) is 18.2 Å². The second kappa shape index (κ2) is 10.2. The summed E-state index contributed by atoms with van der Waals surface area (Å²) in [4.78, 5) is 23.9. The highest BCUT2D eigenvalue weighted by Gasteiger charge is 2.29. The summed E-state index contributed by atoms with van der Waals surface area (Å²) in [5.41, 5.74) is 6.47. The second-order valence-corrected chi connectivity index (χ2v) is 9.00. The number of benzene rings is 2. The Labute approximate surface area is 206 Å². The van der Waals surface area contributed by atoms with Crippen LogP contribution in [-0.2, 0) is 16.1 Å². The fraction of sp³-hybridized carbons (Fsp3) is 0.276. The quantitative estimate of drug-likeness (QED) is 0.358. The zero-order chi connectivity index (χ0) is 24.2. The predicted molar refractivity (Wildman–Crippen MR) is 140 cm³/mol. The van der Waals surface area contributed by atoms with Gasteiger partial charge < -0.3 is 10.1 Å². The fourth-order valence-corrected chi connectivity index (χ4v) is 5.00. The van der Waals surface area contributed by atoms with Crippen LogP contribution in [0.3, 0.4) is 0 Å². The minimum Gasteiger partial charge on any atom is -0.468 e. The molecule has 4 aromatic rings. The van der Waals surface area contributed by atoms with Crippen molar-refractivity contribution in [1.82, 2.24) is 14.9 Å². The first kappa shape index (κ1) is 23.0. The lowest BCUT2D eigenvalue weighted by Gasteiger charge is -2.33. The van der Waals surface area contributed by atoms with Crippen molar-refractivity contribution in [3.05, 3.63) is 84.2 Å². The molecular weight excluding hydrogens is 436 g/mol. The van der Waals surface area contributed by atoms with Crippen LogP contribution in [0.4, 0.5) is 11.5 Å². The van der Waals surface area contributed by atoms with Crippen LogP contribution in [0.1, 0.15) is 30.4 Å². The van der Waals surface area contributed by atoms with Gasteiger partial charge in [-0.25, -0.2) is 4.98 Å². The number of likely N-dealkylation sites (tertiary alicyclic amines) is 1. The van der Waals surface area contributed by atoms with Crippen LogP contribution in [-0.4, -0.2) is 40.5 Å². The number of aromatic nitrogens is 2. The number of nitrogens with zero attached hydrogens (tertiary/aromatic N) is 3. The molecule has 3 heterocycles. The highest BCUT2D eigenvalue weighted by Crippen LogP contribution is 2.32. The number of esters is 1. The number of fused-ring (bicyclic) bond motifs is 1. The summed E-state index contributed by atoms with van der Waals surface area (Å²) < 4.78 is 5.07. The van der Waals surface area contributed by atoms with Crippen LogP contribution < -0.4 is 5.32 Å². The third-order valence-electron chi connectivity index (χ3n) is 6.88. The molecule has 35 heavy (non-hydrogen) atoms.